The number of fused-ring (bicyclic) bond motifs is 3. The third-order valence-electron chi connectivity index (χ3n) is 4.46. The van der Waals surface area contributed by atoms with Crippen molar-refractivity contribution in [3.05, 3.63) is 83.2 Å². The van der Waals surface area contributed by atoms with Crippen molar-refractivity contribution in [2.24, 2.45) is 7.05 Å². The number of aryl methyl sites for hydroxylation is 1. The lowest BCUT2D eigenvalue weighted by molar-refractivity contribution is 0.527. The average molecular weight is 315 g/mol. The van der Waals surface area contributed by atoms with E-state index in [-0.39, 0.29) is 5.63 Å². The fraction of sp³-hybridized carbons (Fsp3) is 0.0952. The molecular weight excluding hydrogens is 298 g/mol. The Bertz CT molecular complexity index is 1120. The predicted octanol–water partition coefficient (Wildman–Crippen LogP) is 4.68. The average Bonchev–Trinajstić information content (AvgIpc) is 2.92. The van der Waals surface area contributed by atoms with Gasteiger partial charge in [0.2, 0.25) is 0 Å². The number of aromatic nitrogens is 1. The Morgan fingerprint density at radius 3 is 2.54 bits per heavy atom. The van der Waals surface area contributed by atoms with E-state index in [1.807, 2.05) is 66.2 Å². The first kappa shape index (κ1) is 14.5. The van der Waals surface area contributed by atoms with Gasteiger partial charge in [-0.05, 0) is 12.5 Å². The topological polar surface area (TPSA) is 35.1 Å². The Morgan fingerprint density at radius 1 is 1.08 bits per heavy atom. The second kappa shape index (κ2) is 5.53. The molecule has 0 aliphatic carbocycles. The van der Waals surface area contributed by atoms with E-state index >= 15 is 0 Å². The van der Waals surface area contributed by atoms with Crippen molar-refractivity contribution in [3.63, 3.8) is 0 Å². The summed E-state index contributed by atoms with van der Waals surface area (Å²) in [6, 6.07) is 17.8. The van der Waals surface area contributed by atoms with Crippen LogP contribution in [0.15, 0.2) is 76.5 Å². The molecule has 0 radical (unpaired) electrons. The molecule has 2 aromatic carbocycles. The minimum Gasteiger partial charge on any atom is -0.421 e. The van der Waals surface area contributed by atoms with Crippen molar-refractivity contribution >= 4 is 21.8 Å². The molecule has 0 aliphatic heterocycles. The van der Waals surface area contributed by atoms with Crippen LogP contribution >= 0.6 is 0 Å². The summed E-state index contributed by atoms with van der Waals surface area (Å²) in [4.78, 5) is 12.7. The molecule has 0 bridgehead atoms. The Labute approximate surface area is 139 Å². The van der Waals surface area contributed by atoms with Crippen molar-refractivity contribution in [3.8, 4) is 11.3 Å². The van der Waals surface area contributed by atoms with Gasteiger partial charge in [-0.2, -0.15) is 0 Å². The highest BCUT2D eigenvalue weighted by molar-refractivity contribution is 6.10. The number of benzene rings is 2. The van der Waals surface area contributed by atoms with Crippen LogP contribution in [-0.2, 0) is 13.5 Å². The van der Waals surface area contributed by atoms with Crippen molar-refractivity contribution in [1.29, 1.82) is 0 Å². The Hall–Kier alpha value is -3.07. The molecule has 0 unspecified atom stereocenters. The fourth-order valence-electron chi connectivity index (χ4n) is 3.42. The quantitative estimate of drug-likeness (QED) is 0.515. The van der Waals surface area contributed by atoms with Crippen LogP contribution in [0, 0.1) is 0 Å². The number of nitrogens with zero attached hydrogens (tertiary/aromatic N) is 1. The fourth-order valence-corrected chi connectivity index (χ4v) is 3.42. The van der Waals surface area contributed by atoms with Gasteiger partial charge >= 0.3 is 5.63 Å². The van der Waals surface area contributed by atoms with Crippen molar-refractivity contribution in [2.75, 3.05) is 0 Å². The maximum Gasteiger partial charge on any atom is 0.361 e. The molecule has 3 heteroatoms. The molecule has 4 rings (SSSR count). The molecular formula is C21H17NO2. The largest absolute Gasteiger partial charge is 0.421 e. The first-order valence-corrected chi connectivity index (χ1v) is 7.91. The third kappa shape index (κ3) is 2.02. The predicted molar refractivity (Wildman–Crippen MR) is 98.3 cm³/mol. The first-order chi connectivity index (χ1) is 11.7. The number of hydrogen-bond acceptors (Lipinski definition) is 2. The summed E-state index contributed by atoms with van der Waals surface area (Å²) < 4.78 is 7.66. The molecule has 0 fully saturated rings. The van der Waals surface area contributed by atoms with Crippen molar-refractivity contribution in [2.45, 2.75) is 6.42 Å². The number of rotatable bonds is 3. The molecule has 0 saturated heterocycles. The summed E-state index contributed by atoms with van der Waals surface area (Å²) >= 11 is 0. The van der Waals surface area contributed by atoms with Gasteiger partial charge in [-0.1, -0.05) is 54.6 Å². The van der Waals surface area contributed by atoms with Crippen LogP contribution in [0.1, 0.15) is 5.56 Å². The van der Waals surface area contributed by atoms with Crippen LogP contribution in [-0.4, -0.2) is 4.57 Å². The van der Waals surface area contributed by atoms with E-state index in [2.05, 4.69) is 12.6 Å². The lowest BCUT2D eigenvalue weighted by Crippen LogP contribution is -2.07. The second-order valence-corrected chi connectivity index (χ2v) is 5.86. The van der Waals surface area contributed by atoms with E-state index in [4.69, 9.17) is 4.42 Å². The van der Waals surface area contributed by atoms with E-state index in [0.717, 1.165) is 27.4 Å². The molecule has 3 nitrogen and oxygen atoms in total. The SMILES string of the molecule is C=CCc1c(-c2ccccc2)oc(=O)c2c1c1ccccc1n2C. The van der Waals surface area contributed by atoms with Gasteiger partial charge in [0.25, 0.3) is 0 Å². The standard InChI is InChI=1S/C21H17NO2/c1-3-9-16-18-15-12-7-8-13-17(15)22(2)19(18)21(23)24-20(16)14-10-5-4-6-11-14/h3-8,10-13H,1,9H2,2H3. The van der Waals surface area contributed by atoms with Crippen LogP contribution in [0.5, 0.6) is 0 Å². The number of hydrogen-bond donors (Lipinski definition) is 0. The lowest BCUT2D eigenvalue weighted by Gasteiger charge is -2.09. The van der Waals surface area contributed by atoms with Gasteiger partial charge < -0.3 is 8.98 Å². The molecule has 0 N–H and O–H groups in total. The molecule has 2 heterocycles. The molecule has 0 atom stereocenters. The van der Waals surface area contributed by atoms with Gasteiger partial charge in [0.05, 0.1) is 0 Å². The molecule has 4 aromatic rings. The van der Waals surface area contributed by atoms with Gasteiger partial charge in [0.1, 0.15) is 11.3 Å². The summed E-state index contributed by atoms with van der Waals surface area (Å²) in [6.45, 7) is 3.88. The van der Waals surface area contributed by atoms with Crippen LogP contribution in [0.3, 0.4) is 0 Å². The van der Waals surface area contributed by atoms with E-state index < -0.39 is 0 Å². The summed E-state index contributed by atoms with van der Waals surface area (Å²) in [7, 11) is 1.90. The summed E-state index contributed by atoms with van der Waals surface area (Å²) in [5.41, 5.74) is 3.22. The zero-order valence-electron chi connectivity index (χ0n) is 13.5. The molecule has 118 valence electrons. The van der Waals surface area contributed by atoms with E-state index in [0.29, 0.717) is 17.7 Å². The molecule has 0 saturated carbocycles. The van der Waals surface area contributed by atoms with E-state index in [1.165, 1.54) is 0 Å². The smallest absolute Gasteiger partial charge is 0.361 e. The van der Waals surface area contributed by atoms with E-state index in [1.54, 1.807) is 0 Å². The maximum atomic E-state index is 12.7. The van der Waals surface area contributed by atoms with Crippen LogP contribution < -0.4 is 5.63 Å². The van der Waals surface area contributed by atoms with Crippen LogP contribution in [0.2, 0.25) is 0 Å². The molecule has 2 aromatic heterocycles. The number of allylic oxidation sites excluding steroid dienone is 1. The first-order valence-electron chi connectivity index (χ1n) is 7.91. The maximum absolute atomic E-state index is 12.7. The monoisotopic (exact) mass is 315 g/mol. The minimum atomic E-state index is -0.310. The van der Waals surface area contributed by atoms with Crippen LogP contribution in [0.25, 0.3) is 33.1 Å². The van der Waals surface area contributed by atoms with E-state index in [9.17, 15) is 4.79 Å². The van der Waals surface area contributed by atoms with Gasteiger partial charge in [-0.15, -0.1) is 6.58 Å². The van der Waals surface area contributed by atoms with Gasteiger partial charge in [0.15, 0.2) is 0 Å². The zero-order chi connectivity index (χ0) is 16.7. The minimum absolute atomic E-state index is 0.310. The van der Waals surface area contributed by atoms with Gasteiger partial charge in [-0.3, -0.25) is 0 Å². The summed E-state index contributed by atoms with van der Waals surface area (Å²) in [6.07, 6.45) is 2.49. The second-order valence-electron chi connectivity index (χ2n) is 5.86. The third-order valence-corrected chi connectivity index (χ3v) is 4.46. The highest BCUT2D eigenvalue weighted by Gasteiger charge is 2.20. The Kier molecular flexibility index (Phi) is 3.35. The molecule has 0 spiro atoms. The van der Waals surface area contributed by atoms with Gasteiger partial charge in [0, 0.05) is 34.5 Å². The summed E-state index contributed by atoms with van der Waals surface area (Å²) in [5.74, 6) is 0.629. The van der Waals surface area contributed by atoms with Crippen LogP contribution in [0.4, 0.5) is 0 Å². The zero-order valence-corrected chi connectivity index (χ0v) is 13.5. The lowest BCUT2D eigenvalue weighted by atomic mass is 9.99. The molecule has 0 aliphatic rings. The highest BCUT2D eigenvalue weighted by atomic mass is 16.4. The Morgan fingerprint density at radius 2 is 1.79 bits per heavy atom. The molecule has 24 heavy (non-hydrogen) atoms. The Balaban J connectivity index is 2.24. The molecule has 0 amide bonds. The highest BCUT2D eigenvalue weighted by Crippen LogP contribution is 2.34. The summed E-state index contributed by atoms with van der Waals surface area (Å²) in [5, 5.41) is 2.03. The number of para-hydroxylation sites is 1. The van der Waals surface area contributed by atoms with Gasteiger partial charge in [-0.25, -0.2) is 4.79 Å². The van der Waals surface area contributed by atoms with Crippen molar-refractivity contribution < 1.29 is 4.42 Å². The van der Waals surface area contributed by atoms with Crippen molar-refractivity contribution in [1.82, 2.24) is 4.57 Å². The normalized spacial score (nSPS) is 11.2.